The molecule has 0 spiro atoms. The zero-order valence-electron chi connectivity index (χ0n) is 23.3. The summed E-state index contributed by atoms with van der Waals surface area (Å²) in [6.07, 6.45) is 7.16. The van der Waals surface area contributed by atoms with Gasteiger partial charge in [-0.3, -0.25) is 19.3 Å². The van der Waals surface area contributed by atoms with Crippen LogP contribution in [0.4, 0.5) is 5.69 Å². The number of carbonyl (C=O) groups excluding carboxylic acids is 3. The van der Waals surface area contributed by atoms with E-state index < -0.39 is 0 Å². The number of piperidine rings is 1. The van der Waals surface area contributed by atoms with E-state index in [1.807, 2.05) is 18.2 Å². The van der Waals surface area contributed by atoms with Gasteiger partial charge in [0, 0.05) is 30.1 Å². The Hall–Kier alpha value is -4.18. The predicted molar refractivity (Wildman–Crippen MR) is 153 cm³/mol. The molecule has 41 heavy (non-hydrogen) atoms. The van der Waals surface area contributed by atoms with E-state index >= 15 is 0 Å². The fourth-order valence-corrected chi connectivity index (χ4v) is 6.20. The molecule has 0 bridgehead atoms. The number of likely N-dealkylation sites (tertiary alicyclic amines) is 1. The van der Waals surface area contributed by atoms with Crippen LogP contribution >= 0.6 is 0 Å². The Morgan fingerprint density at radius 1 is 1.00 bits per heavy atom. The number of nitrogens with zero attached hydrogens (tertiary/aromatic N) is 3. The van der Waals surface area contributed by atoms with Crippen LogP contribution in [0, 0.1) is 11.8 Å². The first-order valence-corrected chi connectivity index (χ1v) is 14.1. The maximum atomic E-state index is 13.7. The van der Waals surface area contributed by atoms with Crippen molar-refractivity contribution in [1.29, 1.82) is 0 Å². The average Bonchev–Trinajstić information content (AvgIpc) is 3.01. The van der Waals surface area contributed by atoms with E-state index in [-0.39, 0.29) is 48.6 Å². The van der Waals surface area contributed by atoms with E-state index in [4.69, 9.17) is 19.3 Å². The third-order valence-electron chi connectivity index (χ3n) is 8.43. The van der Waals surface area contributed by atoms with Crippen molar-refractivity contribution in [3.8, 4) is 17.2 Å². The molecule has 1 N–H and O–H groups in total. The normalized spacial score (nSPS) is 22.7. The van der Waals surface area contributed by atoms with Gasteiger partial charge in [0.05, 0.1) is 44.1 Å². The minimum Gasteiger partial charge on any atom is -0.493 e. The molecule has 0 radical (unpaired) electrons. The largest absolute Gasteiger partial charge is 0.493 e. The van der Waals surface area contributed by atoms with Crippen molar-refractivity contribution in [3.63, 3.8) is 0 Å². The van der Waals surface area contributed by atoms with Crippen molar-refractivity contribution < 1.29 is 28.6 Å². The number of fused-ring (bicyclic) bond motifs is 2. The summed E-state index contributed by atoms with van der Waals surface area (Å²) >= 11 is 0. The molecule has 6 rings (SSSR count). The number of methoxy groups -OCH3 is 2. The lowest BCUT2D eigenvalue weighted by atomic mass is 9.76. The molecule has 1 aliphatic carbocycles. The van der Waals surface area contributed by atoms with Gasteiger partial charge in [0.15, 0.2) is 23.9 Å². The number of hydrogen-bond donors (Lipinski definition) is 1. The summed E-state index contributed by atoms with van der Waals surface area (Å²) < 4.78 is 16.4. The van der Waals surface area contributed by atoms with Crippen molar-refractivity contribution in [2.45, 2.75) is 31.7 Å². The molecule has 2 amide bonds. The molecule has 1 fully saturated rings. The van der Waals surface area contributed by atoms with E-state index in [2.05, 4.69) is 22.4 Å². The standard InChI is InChI=1S/C31H34N4O6/c1-39-27-10-8-20(16-28(27)40-2)30-22-5-3-4-6-23(22)31(38)35(33-30)21-11-13-34(14-12-21)17-25(36)19-7-9-26-24(15-19)32-29(37)18-41-26/h3-4,7-10,15-16,21-23H,5-6,11-14,17-18H2,1-2H3,(H,32,37)/t22-,23+/m0/s1. The Morgan fingerprint density at radius 2 is 1.76 bits per heavy atom. The summed E-state index contributed by atoms with van der Waals surface area (Å²) in [7, 11) is 3.22. The van der Waals surface area contributed by atoms with E-state index in [1.54, 1.807) is 37.4 Å². The molecule has 3 aliphatic heterocycles. The summed E-state index contributed by atoms with van der Waals surface area (Å²) in [5.41, 5.74) is 2.89. The van der Waals surface area contributed by atoms with Gasteiger partial charge in [-0.25, -0.2) is 5.01 Å². The monoisotopic (exact) mass is 558 g/mol. The van der Waals surface area contributed by atoms with E-state index in [0.717, 1.165) is 30.5 Å². The molecule has 0 unspecified atom stereocenters. The molecule has 214 valence electrons. The van der Waals surface area contributed by atoms with Crippen LogP contribution in [0.1, 0.15) is 41.6 Å². The van der Waals surface area contributed by atoms with Gasteiger partial charge in [0.2, 0.25) is 5.91 Å². The van der Waals surface area contributed by atoms with E-state index in [0.29, 0.717) is 48.0 Å². The van der Waals surface area contributed by atoms with Gasteiger partial charge in [-0.15, -0.1) is 0 Å². The number of ketones is 1. The number of amides is 2. The highest BCUT2D eigenvalue weighted by atomic mass is 16.5. The maximum absolute atomic E-state index is 13.7. The molecule has 4 aliphatic rings. The van der Waals surface area contributed by atoms with Gasteiger partial charge in [0.25, 0.3) is 5.91 Å². The van der Waals surface area contributed by atoms with Gasteiger partial charge in [-0.1, -0.05) is 12.2 Å². The SMILES string of the molecule is COc1ccc(C2=NN(C3CCN(CC(=O)c4ccc5c(c4)NC(=O)CO5)CC3)C(=O)[C@@H]3CC=CC[C@H]23)cc1OC. The number of hydrazone groups is 1. The summed E-state index contributed by atoms with van der Waals surface area (Å²) in [4.78, 5) is 40.5. The smallest absolute Gasteiger partial charge is 0.262 e. The Morgan fingerprint density at radius 3 is 2.51 bits per heavy atom. The number of hydrogen-bond acceptors (Lipinski definition) is 8. The number of anilines is 1. The summed E-state index contributed by atoms with van der Waals surface area (Å²) in [5, 5.41) is 9.47. The molecule has 0 saturated carbocycles. The first kappa shape index (κ1) is 27.0. The Kier molecular flexibility index (Phi) is 7.49. The second-order valence-corrected chi connectivity index (χ2v) is 10.9. The van der Waals surface area contributed by atoms with Gasteiger partial charge in [-0.2, -0.15) is 5.10 Å². The van der Waals surface area contributed by atoms with Crippen LogP contribution in [0.2, 0.25) is 0 Å². The Balaban J connectivity index is 1.16. The fourth-order valence-electron chi connectivity index (χ4n) is 6.20. The van der Waals surface area contributed by atoms with Crippen LogP contribution in [0.25, 0.3) is 0 Å². The number of benzene rings is 2. The third-order valence-corrected chi connectivity index (χ3v) is 8.43. The van der Waals surface area contributed by atoms with E-state index in [1.165, 1.54) is 0 Å². The van der Waals surface area contributed by atoms with Gasteiger partial charge >= 0.3 is 0 Å². The van der Waals surface area contributed by atoms with Crippen LogP contribution in [-0.2, 0) is 9.59 Å². The van der Waals surface area contributed by atoms with Crippen LogP contribution in [0.5, 0.6) is 17.2 Å². The fraction of sp³-hybridized carbons (Fsp3) is 0.419. The maximum Gasteiger partial charge on any atom is 0.262 e. The van der Waals surface area contributed by atoms with Crippen molar-refractivity contribution in [2.75, 3.05) is 45.8 Å². The zero-order chi connectivity index (χ0) is 28.5. The van der Waals surface area contributed by atoms with Crippen LogP contribution in [0.15, 0.2) is 53.7 Å². The highest BCUT2D eigenvalue weighted by Gasteiger charge is 2.43. The molecular weight excluding hydrogens is 524 g/mol. The number of Topliss-reactive ketones (excluding diaryl/α,β-unsaturated/α-hetero) is 1. The predicted octanol–water partition coefficient (Wildman–Crippen LogP) is 3.51. The first-order valence-electron chi connectivity index (χ1n) is 14.1. The van der Waals surface area contributed by atoms with E-state index in [9.17, 15) is 14.4 Å². The minimum absolute atomic E-state index is 0.0198. The molecule has 2 aromatic carbocycles. The summed E-state index contributed by atoms with van der Waals surface area (Å²) in [6.45, 7) is 1.61. The molecule has 2 aromatic rings. The van der Waals surface area contributed by atoms with Gasteiger partial charge in [0.1, 0.15) is 5.75 Å². The quantitative estimate of drug-likeness (QED) is 0.409. The second-order valence-electron chi connectivity index (χ2n) is 10.9. The zero-order valence-corrected chi connectivity index (χ0v) is 23.3. The summed E-state index contributed by atoms with van der Waals surface area (Å²) in [6, 6.07) is 10.9. The number of allylic oxidation sites excluding steroid dienone is 2. The minimum atomic E-state index is -0.232. The lowest BCUT2D eigenvalue weighted by Gasteiger charge is -2.42. The van der Waals surface area contributed by atoms with Gasteiger partial charge in [-0.05, 0) is 62.1 Å². The molecule has 1 saturated heterocycles. The van der Waals surface area contributed by atoms with Gasteiger partial charge < -0.3 is 19.5 Å². The van der Waals surface area contributed by atoms with Crippen molar-refractivity contribution in [1.82, 2.24) is 9.91 Å². The van der Waals surface area contributed by atoms with Crippen molar-refractivity contribution in [3.05, 3.63) is 59.7 Å². The number of carbonyl (C=O) groups is 3. The van der Waals surface area contributed by atoms with Crippen molar-refractivity contribution in [2.24, 2.45) is 16.9 Å². The second kappa shape index (κ2) is 11.4. The lowest BCUT2D eigenvalue weighted by molar-refractivity contribution is -0.141. The molecule has 10 nitrogen and oxygen atoms in total. The van der Waals surface area contributed by atoms with Crippen LogP contribution in [-0.4, -0.2) is 79.7 Å². The lowest BCUT2D eigenvalue weighted by Crippen LogP contribution is -2.52. The first-order chi connectivity index (χ1) is 19.9. The summed E-state index contributed by atoms with van der Waals surface area (Å²) in [5.74, 6) is 1.55. The Bertz CT molecular complexity index is 1430. The van der Waals surface area contributed by atoms with Crippen LogP contribution in [0.3, 0.4) is 0 Å². The Labute approximate surface area is 238 Å². The average molecular weight is 559 g/mol. The number of nitrogens with one attached hydrogen (secondary N) is 1. The van der Waals surface area contributed by atoms with Crippen LogP contribution < -0.4 is 19.5 Å². The molecular formula is C31H34N4O6. The number of ether oxygens (including phenoxy) is 3. The number of rotatable bonds is 7. The highest BCUT2D eigenvalue weighted by molar-refractivity contribution is 6.07. The molecule has 2 atom stereocenters. The third kappa shape index (κ3) is 5.31. The van der Waals surface area contributed by atoms with Crippen molar-refractivity contribution >= 4 is 29.0 Å². The molecule has 3 heterocycles. The molecule has 10 heteroatoms. The molecule has 0 aromatic heterocycles. The highest BCUT2D eigenvalue weighted by Crippen LogP contribution is 2.38. The topological polar surface area (TPSA) is 110 Å².